The fourth-order valence-corrected chi connectivity index (χ4v) is 4.75. The summed E-state index contributed by atoms with van der Waals surface area (Å²) in [5.41, 5.74) is 3.82. The Balaban J connectivity index is 1.71. The van der Waals surface area contributed by atoms with Crippen molar-refractivity contribution in [3.63, 3.8) is 0 Å². The first-order valence-corrected chi connectivity index (χ1v) is 10.7. The van der Waals surface area contributed by atoms with Gasteiger partial charge in [-0.05, 0) is 19.1 Å². The zero-order valence-corrected chi connectivity index (χ0v) is 17.2. The number of carbonyl (C=O) groups excluding carboxylic acids is 1. The first-order chi connectivity index (χ1) is 14.2. The molecule has 1 N–H and O–H groups in total. The molecule has 4 rings (SSSR count). The van der Waals surface area contributed by atoms with Crippen LogP contribution >= 0.6 is 23.1 Å². The first kappa shape index (κ1) is 19.1. The van der Waals surface area contributed by atoms with Crippen LogP contribution in [0.2, 0.25) is 0 Å². The zero-order chi connectivity index (χ0) is 20.2. The summed E-state index contributed by atoms with van der Waals surface area (Å²) in [5, 5.41) is 13.0. The van der Waals surface area contributed by atoms with Gasteiger partial charge in [0.15, 0.2) is 5.13 Å². The second-order valence-corrected chi connectivity index (χ2v) is 8.47. The summed E-state index contributed by atoms with van der Waals surface area (Å²) in [5.74, 6) is 0.123. The number of hydrogen-bond acceptors (Lipinski definition) is 6. The predicted octanol–water partition coefficient (Wildman–Crippen LogP) is 5.53. The number of aromatic nitrogens is 2. The Labute approximate surface area is 176 Å². The molecular weight excluding hydrogens is 400 g/mol. The topological polar surface area (TPSA) is 78.7 Å². The Bertz CT molecular complexity index is 1230. The highest BCUT2D eigenvalue weighted by atomic mass is 32.2. The standard InChI is InChI=1S/C22H16N4OS2/c1-14-21(28-12-11-23)29-22(24-14)26-20(27)17-13-19(15-7-3-2-4-8-15)25-18-10-6-5-9-16(17)18/h2-10,13H,12H2,1H3,(H,24,26,27). The minimum Gasteiger partial charge on any atom is -0.298 e. The van der Waals surface area contributed by atoms with Gasteiger partial charge in [-0.3, -0.25) is 10.1 Å². The van der Waals surface area contributed by atoms with Crippen LogP contribution in [0.15, 0.2) is 64.9 Å². The van der Waals surface area contributed by atoms with Crippen molar-refractivity contribution in [2.75, 3.05) is 11.1 Å². The molecule has 0 aliphatic heterocycles. The normalized spacial score (nSPS) is 10.6. The summed E-state index contributed by atoms with van der Waals surface area (Å²) in [7, 11) is 0. The molecule has 4 aromatic rings. The summed E-state index contributed by atoms with van der Waals surface area (Å²) in [6.07, 6.45) is 0. The van der Waals surface area contributed by atoms with E-state index in [0.29, 0.717) is 16.4 Å². The highest BCUT2D eigenvalue weighted by Crippen LogP contribution is 2.32. The molecule has 1 amide bonds. The van der Waals surface area contributed by atoms with E-state index in [1.54, 1.807) is 0 Å². The number of thioether (sulfide) groups is 1. The molecule has 2 heterocycles. The average Bonchev–Trinajstić information content (AvgIpc) is 3.10. The van der Waals surface area contributed by atoms with Gasteiger partial charge in [0.1, 0.15) is 0 Å². The number of amides is 1. The lowest BCUT2D eigenvalue weighted by atomic mass is 10.0. The molecule has 0 saturated heterocycles. The van der Waals surface area contributed by atoms with Crippen LogP contribution in [0.25, 0.3) is 22.2 Å². The number of thiazole rings is 1. The number of rotatable bonds is 5. The van der Waals surface area contributed by atoms with Crippen LogP contribution in [-0.2, 0) is 0 Å². The number of para-hydroxylation sites is 1. The molecule has 0 aliphatic carbocycles. The Hall–Kier alpha value is -3.21. The van der Waals surface area contributed by atoms with Crippen molar-refractivity contribution >= 4 is 45.0 Å². The van der Waals surface area contributed by atoms with Gasteiger partial charge < -0.3 is 0 Å². The molecule has 0 unspecified atom stereocenters. The fourth-order valence-electron chi connectivity index (χ4n) is 2.95. The molecule has 0 spiro atoms. The molecule has 142 valence electrons. The molecule has 5 nitrogen and oxygen atoms in total. The number of nitrogens with zero attached hydrogens (tertiary/aromatic N) is 3. The molecule has 2 aromatic heterocycles. The number of carbonyl (C=O) groups is 1. The van der Waals surface area contributed by atoms with Crippen LogP contribution in [0.3, 0.4) is 0 Å². The van der Waals surface area contributed by atoms with E-state index in [4.69, 9.17) is 10.2 Å². The van der Waals surface area contributed by atoms with Crippen LogP contribution in [0.5, 0.6) is 0 Å². The quantitative estimate of drug-likeness (QED) is 0.433. The maximum absolute atomic E-state index is 13.1. The third-order valence-corrected chi connectivity index (χ3v) is 6.57. The smallest absolute Gasteiger partial charge is 0.258 e. The molecule has 29 heavy (non-hydrogen) atoms. The Morgan fingerprint density at radius 1 is 1.14 bits per heavy atom. The van der Waals surface area contributed by atoms with Crippen LogP contribution in [0.4, 0.5) is 5.13 Å². The van der Waals surface area contributed by atoms with Gasteiger partial charge in [0.2, 0.25) is 0 Å². The molecule has 0 saturated carbocycles. The van der Waals surface area contributed by atoms with Gasteiger partial charge in [0, 0.05) is 10.9 Å². The SMILES string of the molecule is Cc1nc(NC(=O)c2cc(-c3ccccc3)nc3ccccc23)sc1SCC#N. The van der Waals surface area contributed by atoms with Crippen molar-refractivity contribution in [2.24, 2.45) is 0 Å². The highest BCUT2D eigenvalue weighted by molar-refractivity contribution is 8.01. The van der Waals surface area contributed by atoms with Crippen molar-refractivity contribution in [3.05, 3.63) is 71.9 Å². The second-order valence-electron chi connectivity index (χ2n) is 6.23. The monoisotopic (exact) mass is 416 g/mol. The summed E-state index contributed by atoms with van der Waals surface area (Å²) in [6, 6.07) is 21.3. The van der Waals surface area contributed by atoms with Crippen molar-refractivity contribution in [2.45, 2.75) is 11.1 Å². The van der Waals surface area contributed by atoms with E-state index in [1.165, 1.54) is 23.1 Å². The minimum atomic E-state index is -0.230. The Morgan fingerprint density at radius 2 is 1.90 bits per heavy atom. The number of aryl methyl sites for hydroxylation is 1. The van der Waals surface area contributed by atoms with Crippen LogP contribution in [-0.4, -0.2) is 21.6 Å². The lowest BCUT2D eigenvalue weighted by Crippen LogP contribution is -2.13. The van der Waals surface area contributed by atoms with E-state index in [2.05, 4.69) is 16.4 Å². The van der Waals surface area contributed by atoms with Crippen LogP contribution in [0.1, 0.15) is 16.1 Å². The molecule has 0 radical (unpaired) electrons. The van der Waals surface area contributed by atoms with Gasteiger partial charge in [0.05, 0.1) is 38.5 Å². The number of benzene rings is 2. The summed E-state index contributed by atoms with van der Waals surface area (Å²) in [6.45, 7) is 1.88. The largest absolute Gasteiger partial charge is 0.298 e. The zero-order valence-electron chi connectivity index (χ0n) is 15.5. The van der Waals surface area contributed by atoms with Crippen molar-refractivity contribution in [3.8, 4) is 17.3 Å². The first-order valence-electron chi connectivity index (χ1n) is 8.89. The average molecular weight is 417 g/mol. The van der Waals surface area contributed by atoms with E-state index in [-0.39, 0.29) is 5.91 Å². The summed E-state index contributed by atoms with van der Waals surface area (Å²) in [4.78, 5) is 22.3. The lowest BCUT2D eigenvalue weighted by Gasteiger charge is -2.09. The minimum absolute atomic E-state index is 0.230. The molecular formula is C22H16N4OS2. The van der Waals surface area contributed by atoms with E-state index < -0.39 is 0 Å². The van der Waals surface area contributed by atoms with Crippen LogP contribution in [0, 0.1) is 18.3 Å². The molecule has 0 fully saturated rings. The fraction of sp³-hybridized carbons (Fsp3) is 0.0909. The number of nitriles is 1. The van der Waals surface area contributed by atoms with Gasteiger partial charge in [0.25, 0.3) is 5.91 Å². The van der Waals surface area contributed by atoms with Gasteiger partial charge in [-0.15, -0.1) is 0 Å². The van der Waals surface area contributed by atoms with Gasteiger partial charge in [-0.1, -0.05) is 71.6 Å². The number of pyridine rings is 1. The highest BCUT2D eigenvalue weighted by Gasteiger charge is 2.16. The summed E-state index contributed by atoms with van der Waals surface area (Å²) < 4.78 is 0.936. The van der Waals surface area contributed by atoms with Crippen molar-refractivity contribution in [1.82, 2.24) is 9.97 Å². The van der Waals surface area contributed by atoms with E-state index in [0.717, 1.165) is 32.1 Å². The number of hydrogen-bond donors (Lipinski definition) is 1. The predicted molar refractivity (Wildman–Crippen MR) is 118 cm³/mol. The van der Waals surface area contributed by atoms with Crippen molar-refractivity contribution in [1.29, 1.82) is 5.26 Å². The van der Waals surface area contributed by atoms with Crippen LogP contribution < -0.4 is 5.32 Å². The van der Waals surface area contributed by atoms with Gasteiger partial charge in [-0.2, -0.15) is 5.26 Å². The van der Waals surface area contributed by atoms with E-state index in [9.17, 15) is 4.79 Å². The van der Waals surface area contributed by atoms with E-state index in [1.807, 2.05) is 67.6 Å². The maximum Gasteiger partial charge on any atom is 0.258 e. The number of anilines is 1. The number of nitrogens with one attached hydrogen (secondary N) is 1. The molecule has 0 bridgehead atoms. The van der Waals surface area contributed by atoms with Crippen molar-refractivity contribution < 1.29 is 4.79 Å². The maximum atomic E-state index is 13.1. The molecule has 0 atom stereocenters. The van der Waals surface area contributed by atoms with Gasteiger partial charge >= 0.3 is 0 Å². The number of fused-ring (bicyclic) bond motifs is 1. The van der Waals surface area contributed by atoms with E-state index >= 15 is 0 Å². The molecule has 2 aromatic carbocycles. The second kappa shape index (κ2) is 8.43. The van der Waals surface area contributed by atoms with Gasteiger partial charge in [-0.25, -0.2) is 9.97 Å². The third-order valence-electron chi connectivity index (χ3n) is 4.27. The molecule has 0 aliphatic rings. The summed E-state index contributed by atoms with van der Waals surface area (Å²) >= 11 is 2.81. The third kappa shape index (κ3) is 4.14. The Morgan fingerprint density at radius 3 is 2.69 bits per heavy atom. The lowest BCUT2D eigenvalue weighted by molar-refractivity contribution is 0.102. The molecule has 7 heteroatoms. The Kier molecular flexibility index (Phi) is 5.56.